The lowest BCUT2D eigenvalue weighted by molar-refractivity contribution is -0.113. The number of halogens is 1. The van der Waals surface area contributed by atoms with Gasteiger partial charge in [-0.2, -0.15) is 0 Å². The van der Waals surface area contributed by atoms with Crippen molar-refractivity contribution < 1.29 is 4.79 Å². The van der Waals surface area contributed by atoms with Gasteiger partial charge in [0.15, 0.2) is 0 Å². The van der Waals surface area contributed by atoms with Crippen LogP contribution in [0.3, 0.4) is 0 Å². The number of benzene rings is 2. The SMILES string of the molecule is O=C(CSc1ccccc1Cl)Nc1ccc(Cc2ccncc2)cc1. The molecule has 0 saturated heterocycles. The fourth-order valence-corrected chi connectivity index (χ4v) is 3.38. The molecule has 0 aliphatic rings. The number of hydrogen-bond donors (Lipinski definition) is 1. The van der Waals surface area contributed by atoms with Crippen molar-refractivity contribution in [2.24, 2.45) is 0 Å². The van der Waals surface area contributed by atoms with Crippen LogP contribution in [-0.2, 0) is 11.2 Å². The van der Waals surface area contributed by atoms with Crippen molar-refractivity contribution in [3.05, 3.63) is 89.2 Å². The van der Waals surface area contributed by atoms with Crippen molar-refractivity contribution in [2.75, 3.05) is 11.1 Å². The molecule has 3 nitrogen and oxygen atoms in total. The van der Waals surface area contributed by atoms with Crippen molar-refractivity contribution >= 4 is 35.0 Å². The number of pyridine rings is 1. The Labute approximate surface area is 156 Å². The number of thioether (sulfide) groups is 1. The first-order valence-electron chi connectivity index (χ1n) is 7.86. The first kappa shape index (κ1) is 17.5. The van der Waals surface area contributed by atoms with Crippen molar-refractivity contribution in [3.63, 3.8) is 0 Å². The molecule has 0 fully saturated rings. The van der Waals surface area contributed by atoms with Gasteiger partial charge < -0.3 is 5.32 Å². The Kier molecular flexibility index (Phi) is 6.09. The van der Waals surface area contributed by atoms with Crippen LogP contribution in [0.1, 0.15) is 11.1 Å². The first-order chi connectivity index (χ1) is 12.2. The number of anilines is 1. The average molecular weight is 369 g/mol. The fourth-order valence-electron chi connectivity index (χ4n) is 2.34. The Morgan fingerprint density at radius 2 is 1.64 bits per heavy atom. The molecular weight excluding hydrogens is 352 g/mol. The van der Waals surface area contributed by atoms with E-state index in [0.717, 1.165) is 17.0 Å². The Bertz CT molecular complexity index is 838. The Morgan fingerprint density at radius 1 is 0.960 bits per heavy atom. The van der Waals surface area contributed by atoms with Gasteiger partial charge in [0.05, 0.1) is 10.8 Å². The molecule has 3 aromatic rings. The summed E-state index contributed by atoms with van der Waals surface area (Å²) in [5.41, 5.74) is 3.20. The lowest BCUT2D eigenvalue weighted by atomic mass is 10.1. The van der Waals surface area contributed by atoms with Gasteiger partial charge in [-0.25, -0.2) is 0 Å². The van der Waals surface area contributed by atoms with Crippen LogP contribution in [0.5, 0.6) is 0 Å². The summed E-state index contributed by atoms with van der Waals surface area (Å²) in [5, 5.41) is 3.58. The van der Waals surface area contributed by atoms with Crippen LogP contribution in [-0.4, -0.2) is 16.6 Å². The Balaban J connectivity index is 1.52. The third kappa shape index (κ3) is 5.34. The molecule has 0 aliphatic carbocycles. The van der Waals surface area contributed by atoms with Crippen LogP contribution >= 0.6 is 23.4 Å². The smallest absolute Gasteiger partial charge is 0.234 e. The van der Waals surface area contributed by atoms with Gasteiger partial charge >= 0.3 is 0 Å². The molecule has 0 spiro atoms. The third-order valence-corrected chi connectivity index (χ3v) is 5.11. The van der Waals surface area contributed by atoms with Gasteiger partial charge in [-0.05, 0) is 53.9 Å². The molecule has 0 saturated carbocycles. The van der Waals surface area contributed by atoms with E-state index in [1.54, 1.807) is 12.4 Å². The van der Waals surface area contributed by atoms with Gasteiger partial charge in [0, 0.05) is 23.0 Å². The van der Waals surface area contributed by atoms with Crippen molar-refractivity contribution in [3.8, 4) is 0 Å². The zero-order valence-electron chi connectivity index (χ0n) is 13.5. The van der Waals surface area contributed by atoms with Crippen LogP contribution in [0, 0.1) is 0 Å². The van der Waals surface area contributed by atoms with E-state index in [2.05, 4.69) is 10.3 Å². The summed E-state index contributed by atoms with van der Waals surface area (Å²) in [6, 6.07) is 19.4. The van der Waals surface area contributed by atoms with E-state index >= 15 is 0 Å². The fraction of sp³-hybridized carbons (Fsp3) is 0.100. The number of amides is 1. The lowest BCUT2D eigenvalue weighted by Gasteiger charge is -2.07. The van der Waals surface area contributed by atoms with Crippen LogP contribution in [0.2, 0.25) is 5.02 Å². The van der Waals surface area contributed by atoms with Crippen molar-refractivity contribution in [1.29, 1.82) is 0 Å². The van der Waals surface area contributed by atoms with Crippen LogP contribution in [0.4, 0.5) is 5.69 Å². The van der Waals surface area contributed by atoms with Gasteiger partial charge in [0.1, 0.15) is 0 Å². The van der Waals surface area contributed by atoms with E-state index in [9.17, 15) is 4.79 Å². The molecule has 5 heteroatoms. The maximum absolute atomic E-state index is 12.1. The second-order valence-electron chi connectivity index (χ2n) is 5.50. The number of nitrogens with one attached hydrogen (secondary N) is 1. The zero-order chi connectivity index (χ0) is 17.5. The summed E-state index contributed by atoms with van der Waals surface area (Å²) in [6.07, 6.45) is 4.43. The van der Waals surface area contributed by atoms with E-state index in [1.807, 2.05) is 60.7 Å². The van der Waals surface area contributed by atoms with Gasteiger partial charge in [-0.15, -0.1) is 11.8 Å². The molecule has 1 N–H and O–H groups in total. The standard InChI is InChI=1S/C20H17ClN2OS/c21-18-3-1-2-4-19(18)25-14-20(24)23-17-7-5-15(6-8-17)13-16-9-11-22-12-10-16/h1-12H,13-14H2,(H,23,24). The molecule has 0 radical (unpaired) electrons. The van der Waals surface area contributed by atoms with Crippen LogP contribution in [0.25, 0.3) is 0 Å². The zero-order valence-corrected chi connectivity index (χ0v) is 15.1. The number of aromatic nitrogens is 1. The Morgan fingerprint density at radius 3 is 2.36 bits per heavy atom. The first-order valence-corrected chi connectivity index (χ1v) is 9.22. The third-order valence-electron chi connectivity index (χ3n) is 3.59. The summed E-state index contributed by atoms with van der Waals surface area (Å²) < 4.78 is 0. The van der Waals surface area contributed by atoms with E-state index in [1.165, 1.54) is 22.9 Å². The minimum atomic E-state index is -0.0493. The Hall–Kier alpha value is -2.30. The largest absolute Gasteiger partial charge is 0.325 e. The molecule has 0 unspecified atom stereocenters. The minimum Gasteiger partial charge on any atom is -0.325 e. The molecule has 0 atom stereocenters. The lowest BCUT2D eigenvalue weighted by Crippen LogP contribution is -2.13. The molecule has 3 rings (SSSR count). The van der Waals surface area contributed by atoms with E-state index in [4.69, 9.17) is 11.6 Å². The molecular formula is C20H17ClN2OS. The highest BCUT2D eigenvalue weighted by atomic mass is 35.5. The molecule has 2 aromatic carbocycles. The molecule has 0 bridgehead atoms. The average Bonchev–Trinajstić information content (AvgIpc) is 2.64. The summed E-state index contributed by atoms with van der Waals surface area (Å²) in [5.74, 6) is 0.273. The number of nitrogens with zero attached hydrogens (tertiary/aromatic N) is 1. The maximum Gasteiger partial charge on any atom is 0.234 e. The number of rotatable bonds is 6. The summed E-state index contributed by atoms with van der Waals surface area (Å²) >= 11 is 7.52. The predicted octanol–water partition coefficient (Wildman–Crippen LogP) is 5.06. The topological polar surface area (TPSA) is 42.0 Å². The number of carbonyl (C=O) groups is 1. The molecule has 126 valence electrons. The normalized spacial score (nSPS) is 10.4. The van der Waals surface area contributed by atoms with E-state index < -0.39 is 0 Å². The van der Waals surface area contributed by atoms with Gasteiger partial charge in [-0.3, -0.25) is 9.78 Å². The molecule has 1 aromatic heterocycles. The highest BCUT2D eigenvalue weighted by Crippen LogP contribution is 2.26. The highest BCUT2D eigenvalue weighted by Gasteiger charge is 2.06. The van der Waals surface area contributed by atoms with E-state index in [-0.39, 0.29) is 5.91 Å². The second-order valence-corrected chi connectivity index (χ2v) is 6.92. The van der Waals surface area contributed by atoms with Gasteiger partial charge in [0.2, 0.25) is 5.91 Å². The second kappa shape index (κ2) is 8.70. The monoisotopic (exact) mass is 368 g/mol. The van der Waals surface area contributed by atoms with E-state index in [0.29, 0.717) is 10.8 Å². The predicted molar refractivity (Wildman–Crippen MR) is 104 cm³/mol. The molecule has 1 heterocycles. The summed E-state index contributed by atoms with van der Waals surface area (Å²) in [6.45, 7) is 0. The quantitative estimate of drug-likeness (QED) is 0.618. The molecule has 0 aliphatic heterocycles. The number of hydrogen-bond acceptors (Lipinski definition) is 3. The van der Waals surface area contributed by atoms with Crippen molar-refractivity contribution in [2.45, 2.75) is 11.3 Å². The van der Waals surface area contributed by atoms with Crippen LogP contribution in [0.15, 0.2) is 78.0 Å². The highest BCUT2D eigenvalue weighted by molar-refractivity contribution is 8.00. The van der Waals surface area contributed by atoms with Gasteiger partial charge in [0.25, 0.3) is 0 Å². The maximum atomic E-state index is 12.1. The van der Waals surface area contributed by atoms with Crippen LogP contribution < -0.4 is 5.32 Å². The minimum absolute atomic E-state index is 0.0493. The summed E-state index contributed by atoms with van der Waals surface area (Å²) in [7, 11) is 0. The van der Waals surface area contributed by atoms with Crippen molar-refractivity contribution in [1.82, 2.24) is 4.98 Å². The summed E-state index contributed by atoms with van der Waals surface area (Å²) in [4.78, 5) is 17.0. The molecule has 1 amide bonds. The molecule has 25 heavy (non-hydrogen) atoms. The van der Waals surface area contributed by atoms with Gasteiger partial charge in [-0.1, -0.05) is 35.9 Å². The number of carbonyl (C=O) groups excluding carboxylic acids is 1.